The van der Waals surface area contributed by atoms with Crippen molar-refractivity contribution in [3.05, 3.63) is 36.8 Å². The first-order valence-electron chi connectivity index (χ1n) is 9.09. The molecule has 0 bridgehead atoms. The number of aromatic nitrogens is 4. The fourth-order valence-electron chi connectivity index (χ4n) is 3.35. The Kier molecular flexibility index (Phi) is 4.55. The molecule has 7 heteroatoms. The zero-order valence-electron chi connectivity index (χ0n) is 14.9. The molecule has 1 saturated heterocycles. The molecule has 3 aromatic heterocycles. The van der Waals surface area contributed by atoms with Crippen LogP contribution in [-0.2, 0) is 6.54 Å². The summed E-state index contributed by atoms with van der Waals surface area (Å²) in [7, 11) is 0. The van der Waals surface area contributed by atoms with E-state index in [2.05, 4.69) is 20.7 Å². The SMILES string of the molecule is CCn1cc(-c2cc3ncccc3c(NC[C@@]3(F)CCCNC3)n2)cn1. The Hall–Kier alpha value is -2.54. The molecule has 2 N–H and O–H groups in total. The van der Waals surface area contributed by atoms with Crippen molar-refractivity contribution >= 4 is 16.7 Å². The van der Waals surface area contributed by atoms with Gasteiger partial charge in [-0.15, -0.1) is 0 Å². The van der Waals surface area contributed by atoms with E-state index in [9.17, 15) is 4.39 Å². The summed E-state index contributed by atoms with van der Waals surface area (Å²) in [6, 6.07) is 5.78. The second-order valence-electron chi connectivity index (χ2n) is 6.80. The van der Waals surface area contributed by atoms with Crippen LogP contribution in [0.4, 0.5) is 10.2 Å². The lowest BCUT2D eigenvalue weighted by atomic mass is 9.96. The van der Waals surface area contributed by atoms with Crippen molar-refractivity contribution in [1.82, 2.24) is 25.1 Å². The Morgan fingerprint density at radius 3 is 3.12 bits per heavy atom. The van der Waals surface area contributed by atoms with Gasteiger partial charge in [-0.05, 0) is 44.5 Å². The largest absolute Gasteiger partial charge is 0.366 e. The molecule has 0 aliphatic carbocycles. The minimum atomic E-state index is -1.25. The Morgan fingerprint density at radius 2 is 2.35 bits per heavy atom. The van der Waals surface area contributed by atoms with E-state index in [1.54, 1.807) is 12.4 Å². The Morgan fingerprint density at radius 1 is 1.42 bits per heavy atom. The van der Waals surface area contributed by atoms with Gasteiger partial charge in [-0.1, -0.05) is 0 Å². The lowest BCUT2D eigenvalue weighted by Gasteiger charge is -2.30. The molecule has 0 aromatic carbocycles. The molecule has 1 aliphatic rings. The molecule has 0 spiro atoms. The predicted molar refractivity (Wildman–Crippen MR) is 101 cm³/mol. The number of hydrogen-bond donors (Lipinski definition) is 2. The van der Waals surface area contributed by atoms with Crippen LogP contribution >= 0.6 is 0 Å². The van der Waals surface area contributed by atoms with Crippen LogP contribution in [0.15, 0.2) is 36.8 Å². The smallest absolute Gasteiger partial charge is 0.140 e. The van der Waals surface area contributed by atoms with Crippen LogP contribution in [0.3, 0.4) is 0 Å². The fraction of sp³-hybridized carbons (Fsp3) is 0.421. The third-order valence-electron chi connectivity index (χ3n) is 4.85. The molecule has 0 saturated carbocycles. The van der Waals surface area contributed by atoms with E-state index in [-0.39, 0.29) is 6.54 Å². The number of rotatable bonds is 5. The summed E-state index contributed by atoms with van der Waals surface area (Å²) >= 11 is 0. The van der Waals surface area contributed by atoms with Crippen LogP contribution in [0.25, 0.3) is 22.2 Å². The van der Waals surface area contributed by atoms with Gasteiger partial charge in [0.1, 0.15) is 11.5 Å². The van der Waals surface area contributed by atoms with Crippen molar-refractivity contribution in [2.75, 3.05) is 25.0 Å². The fourth-order valence-corrected chi connectivity index (χ4v) is 3.35. The number of hydrogen-bond acceptors (Lipinski definition) is 5. The number of aryl methyl sites for hydroxylation is 1. The summed E-state index contributed by atoms with van der Waals surface area (Å²) in [6.07, 6.45) is 6.93. The van der Waals surface area contributed by atoms with E-state index < -0.39 is 5.67 Å². The first-order chi connectivity index (χ1) is 12.7. The molecule has 1 fully saturated rings. The van der Waals surface area contributed by atoms with Crippen molar-refractivity contribution in [3.63, 3.8) is 0 Å². The summed E-state index contributed by atoms with van der Waals surface area (Å²) < 4.78 is 16.8. The lowest BCUT2D eigenvalue weighted by Crippen LogP contribution is -2.46. The molecular weight excluding hydrogens is 331 g/mol. The van der Waals surface area contributed by atoms with Crippen molar-refractivity contribution in [1.29, 1.82) is 0 Å². The third kappa shape index (κ3) is 3.39. The zero-order chi connectivity index (χ0) is 18.0. The average molecular weight is 354 g/mol. The van der Waals surface area contributed by atoms with Gasteiger partial charge in [0.25, 0.3) is 0 Å². The summed E-state index contributed by atoms with van der Waals surface area (Å²) in [5.41, 5.74) is 1.29. The lowest BCUT2D eigenvalue weighted by molar-refractivity contribution is 0.137. The maximum atomic E-state index is 14.9. The van der Waals surface area contributed by atoms with Gasteiger partial charge in [-0.25, -0.2) is 9.37 Å². The van der Waals surface area contributed by atoms with Gasteiger partial charge in [-0.2, -0.15) is 5.10 Å². The van der Waals surface area contributed by atoms with E-state index in [1.807, 2.05) is 36.0 Å². The number of fused-ring (bicyclic) bond motifs is 1. The van der Waals surface area contributed by atoms with Crippen molar-refractivity contribution in [2.45, 2.75) is 32.0 Å². The van der Waals surface area contributed by atoms with E-state index in [1.165, 1.54) is 0 Å². The average Bonchev–Trinajstić information content (AvgIpc) is 3.16. The van der Waals surface area contributed by atoms with Gasteiger partial charge < -0.3 is 10.6 Å². The zero-order valence-corrected chi connectivity index (χ0v) is 14.9. The molecule has 3 aromatic rings. The van der Waals surface area contributed by atoms with Gasteiger partial charge in [0, 0.05) is 36.4 Å². The Bertz CT molecular complexity index is 900. The van der Waals surface area contributed by atoms with Gasteiger partial charge in [-0.3, -0.25) is 9.67 Å². The maximum absolute atomic E-state index is 14.9. The van der Waals surface area contributed by atoms with Crippen molar-refractivity contribution in [3.8, 4) is 11.3 Å². The normalized spacial score (nSPS) is 20.4. The number of anilines is 1. The highest BCUT2D eigenvalue weighted by molar-refractivity contribution is 5.91. The topological polar surface area (TPSA) is 67.7 Å². The molecule has 26 heavy (non-hydrogen) atoms. The standard InChI is InChI=1S/C19H23FN6/c1-2-26-11-14(10-24-26)16-9-17-15(5-3-8-22-17)18(25-16)23-13-19(20)6-4-7-21-12-19/h3,5,8-11,21H,2,4,6-7,12-13H2,1H3,(H,23,25)/t19-/m1/s1. The van der Waals surface area contributed by atoms with Crippen LogP contribution in [0, 0.1) is 0 Å². The molecule has 1 aliphatic heterocycles. The summed E-state index contributed by atoms with van der Waals surface area (Å²) in [5, 5.41) is 11.6. The molecule has 6 nitrogen and oxygen atoms in total. The third-order valence-corrected chi connectivity index (χ3v) is 4.85. The predicted octanol–water partition coefficient (Wildman–Crippen LogP) is 3.02. The molecule has 0 radical (unpaired) electrons. The minimum absolute atomic E-state index is 0.231. The summed E-state index contributed by atoms with van der Waals surface area (Å²) in [6.45, 7) is 4.33. The highest BCUT2D eigenvalue weighted by atomic mass is 19.1. The van der Waals surface area contributed by atoms with E-state index in [4.69, 9.17) is 4.98 Å². The van der Waals surface area contributed by atoms with Crippen molar-refractivity contribution in [2.24, 2.45) is 0 Å². The quantitative estimate of drug-likeness (QED) is 0.737. The van der Waals surface area contributed by atoms with Gasteiger partial charge >= 0.3 is 0 Å². The van der Waals surface area contributed by atoms with Crippen LogP contribution in [0.5, 0.6) is 0 Å². The van der Waals surface area contributed by atoms with Gasteiger partial charge in [0.15, 0.2) is 0 Å². The second-order valence-corrected chi connectivity index (χ2v) is 6.80. The number of pyridine rings is 2. The number of nitrogens with one attached hydrogen (secondary N) is 2. The first-order valence-corrected chi connectivity index (χ1v) is 9.09. The number of piperidine rings is 1. The van der Waals surface area contributed by atoms with E-state index in [0.717, 1.165) is 41.7 Å². The van der Waals surface area contributed by atoms with E-state index >= 15 is 0 Å². The number of alkyl halides is 1. The maximum Gasteiger partial charge on any atom is 0.140 e. The van der Waals surface area contributed by atoms with Crippen LogP contribution in [0.2, 0.25) is 0 Å². The van der Waals surface area contributed by atoms with E-state index in [0.29, 0.717) is 18.8 Å². The summed E-state index contributed by atoms with van der Waals surface area (Å²) in [4.78, 5) is 9.20. The van der Waals surface area contributed by atoms with Gasteiger partial charge in [0.05, 0.1) is 24.0 Å². The number of halogens is 1. The van der Waals surface area contributed by atoms with Crippen LogP contribution in [0.1, 0.15) is 19.8 Å². The van der Waals surface area contributed by atoms with Crippen molar-refractivity contribution < 1.29 is 4.39 Å². The molecule has 4 heterocycles. The molecule has 136 valence electrons. The molecular formula is C19H23FN6. The van der Waals surface area contributed by atoms with Crippen LogP contribution < -0.4 is 10.6 Å². The molecule has 1 atom stereocenters. The first kappa shape index (κ1) is 16.9. The Balaban J connectivity index is 1.67. The molecule has 0 amide bonds. The number of nitrogens with zero attached hydrogens (tertiary/aromatic N) is 4. The summed E-state index contributed by atoms with van der Waals surface area (Å²) in [5.74, 6) is 0.664. The monoisotopic (exact) mass is 354 g/mol. The molecule has 0 unspecified atom stereocenters. The van der Waals surface area contributed by atoms with Gasteiger partial charge in [0.2, 0.25) is 0 Å². The van der Waals surface area contributed by atoms with Crippen LogP contribution in [-0.4, -0.2) is 45.1 Å². The second kappa shape index (κ2) is 6.99. The molecule has 4 rings (SSSR count). The highest BCUT2D eigenvalue weighted by Crippen LogP contribution is 2.28. The minimum Gasteiger partial charge on any atom is -0.366 e. The highest BCUT2D eigenvalue weighted by Gasteiger charge is 2.31. The Labute approximate surface area is 151 Å².